The smallest absolute Gasteiger partial charge is 0.134 e. The first-order valence-electron chi connectivity index (χ1n) is 4.91. The van der Waals surface area contributed by atoms with Crippen LogP contribution < -0.4 is 0 Å². The lowest BCUT2D eigenvalue weighted by Crippen LogP contribution is -2.00. The number of fused-ring (bicyclic) bond motifs is 1. The second-order valence-corrected chi connectivity index (χ2v) is 3.64. The minimum absolute atomic E-state index is 0.261. The van der Waals surface area contributed by atoms with Gasteiger partial charge in [-0.15, -0.1) is 0 Å². The minimum atomic E-state index is -0.261. The minimum Gasteiger partial charge on any atom is -0.461 e. The number of hydrogen-bond acceptors (Lipinski definition) is 2. The third-order valence-electron chi connectivity index (χ3n) is 2.29. The van der Waals surface area contributed by atoms with Crippen molar-refractivity contribution in [3.8, 4) is 0 Å². The summed E-state index contributed by atoms with van der Waals surface area (Å²) >= 11 is 0. The summed E-state index contributed by atoms with van der Waals surface area (Å²) in [6.07, 6.45) is 1.29. The molecule has 2 rings (SSSR count). The highest BCUT2D eigenvalue weighted by Crippen LogP contribution is 2.19. The van der Waals surface area contributed by atoms with Crippen molar-refractivity contribution in [2.24, 2.45) is 0 Å². The van der Waals surface area contributed by atoms with E-state index in [1.54, 1.807) is 6.92 Å². The average Bonchev–Trinajstić information content (AvgIpc) is 2.57. The fourth-order valence-electron chi connectivity index (χ4n) is 1.51. The van der Waals surface area contributed by atoms with Crippen molar-refractivity contribution in [2.75, 3.05) is 0 Å². The highest BCUT2D eigenvalue weighted by Gasteiger charge is 2.04. The molecule has 1 aromatic carbocycles. The molecule has 0 aliphatic carbocycles. The summed E-state index contributed by atoms with van der Waals surface area (Å²) in [6, 6.07) is 9.99. The van der Waals surface area contributed by atoms with Crippen LogP contribution in [0.2, 0.25) is 0 Å². The number of rotatable bonds is 3. The number of aliphatic hydroxyl groups excluding tert-OH is 1. The maximum atomic E-state index is 9.15. The van der Waals surface area contributed by atoms with E-state index in [2.05, 4.69) is 0 Å². The summed E-state index contributed by atoms with van der Waals surface area (Å²) in [5.41, 5.74) is 0.924. The van der Waals surface area contributed by atoms with Crippen LogP contribution in [0.15, 0.2) is 34.7 Å². The van der Waals surface area contributed by atoms with Crippen molar-refractivity contribution in [1.82, 2.24) is 0 Å². The summed E-state index contributed by atoms with van der Waals surface area (Å²) in [4.78, 5) is 0. The van der Waals surface area contributed by atoms with Gasteiger partial charge in [0.25, 0.3) is 0 Å². The maximum Gasteiger partial charge on any atom is 0.134 e. The summed E-state index contributed by atoms with van der Waals surface area (Å²) in [7, 11) is 0. The number of benzene rings is 1. The van der Waals surface area contributed by atoms with Crippen molar-refractivity contribution in [2.45, 2.75) is 25.9 Å². The van der Waals surface area contributed by atoms with E-state index < -0.39 is 0 Å². The Morgan fingerprint density at radius 2 is 2.14 bits per heavy atom. The summed E-state index contributed by atoms with van der Waals surface area (Å²) in [5.74, 6) is 0.951. The Kier molecular flexibility index (Phi) is 2.55. The Morgan fingerprint density at radius 1 is 1.36 bits per heavy atom. The molecule has 0 aliphatic rings. The summed E-state index contributed by atoms with van der Waals surface area (Å²) < 4.78 is 5.61. The van der Waals surface area contributed by atoms with E-state index in [0.717, 1.165) is 29.6 Å². The molecule has 2 nitrogen and oxygen atoms in total. The Morgan fingerprint density at radius 3 is 2.86 bits per heavy atom. The lowest BCUT2D eigenvalue weighted by atomic mass is 10.2. The normalized spacial score (nSPS) is 13.3. The van der Waals surface area contributed by atoms with Gasteiger partial charge in [0.1, 0.15) is 11.3 Å². The Hall–Kier alpha value is -1.28. The zero-order valence-corrected chi connectivity index (χ0v) is 8.23. The molecule has 0 radical (unpaired) electrons. The predicted molar refractivity (Wildman–Crippen MR) is 56.2 cm³/mol. The molecule has 0 spiro atoms. The molecule has 0 fully saturated rings. The predicted octanol–water partition coefficient (Wildman–Crippen LogP) is 2.75. The number of aryl methyl sites for hydroxylation is 1. The molecular formula is C12H14O2. The van der Waals surface area contributed by atoms with Crippen LogP contribution >= 0.6 is 0 Å². The molecule has 1 N–H and O–H groups in total. The maximum absolute atomic E-state index is 9.15. The number of hydrogen-bond donors (Lipinski definition) is 1. The van der Waals surface area contributed by atoms with Gasteiger partial charge in [-0.2, -0.15) is 0 Å². The van der Waals surface area contributed by atoms with Crippen molar-refractivity contribution in [1.29, 1.82) is 0 Å². The van der Waals surface area contributed by atoms with E-state index in [-0.39, 0.29) is 6.10 Å². The third-order valence-corrected chi connectivity index (χ3v) is 2.29. The van der Waals surface area contributed by atoms with E-state index in [0.29, 0.717) is 0 Å². The van der Waals surface area contributed by atoms with Gasteiger partial charge >= 0.3 is 0 Å². The molecule has 1 unspecified atom stereocenters. The van der Waals surface area contributed by atoms with Crippen LogP contribution in [0.5, 0.6) is 0 Å². The van der Waals surface area contributed by atoms with Gasteiger partial charge in [-0.25, -0.2) is 0 Å². The standard InChI is InChI=1S/C12H14O2/c1-9(13)6-7-11-8-10-4-2-3-5-12(10)14-11/h2-5,8-9,13H,6-7H2,1H3. The molecule has 0 aliphatic heterocycles. The monoisotopic (exact) mass is 190 g/mol. The van der Waals surface area contributed by atoms with Crippen LogP contribution in [0.1, 0.15) is 19.1 Å². The molecular weight excluding hydrogens is 176 g/mol. The van der Waals surface area contributed by atoms with Gasteiger partial charge < -0.3 is 9.52 Å². The third kappa shape index (κ3) is 1.96. The number of aliphatic hydroxyl groups is 1. The molecule has 1 aromatic heterocycles. The SMILES string of the molecule is CC(O)CCc1cc2ccccc2o1. The molecule has 1 atom stereocenters. The lowest BCUT2D eigenvalue weighted by molar-refractivity contribution is 0.182. The fourth-order valence-corrected chi connectivity index (χ4v) is 1.51. The Bertz CT molecular complexity index is 382. The zero-order chi connectivity index (χ0) is 9.97. The van der Waals surface area contributed by atoms with Gasteiger partial charge in [0.05, 0.1) is 6.10 Å². The van der Waals surface area contributed by atoms with Crippen molar-refractivity contribution in [3.63, 3.8) is 0 Å². The van der Waals surface area contributed by atoms with Gasteiger partial charge in [0.15, 0.2) is 0 Å². The molecule has 2 aromatic rings. The molecule has 74 valence electrons. The van der Waals surface area contributed by atoms with E-state index in [9.17, 15) is 0 Å². The van der Waals surface area contributed by atoms with Crippen LogP contribution in [0.4, 0.5) is 0 Å². The van der Waals surface area contributed by atoms with Gasteiger partial charge in [-0.05, 0) is 25.5 Å². The molecule has 0 amide bonds. The van der Waals surface area contributed by atoms with Crippen LogP contribution in [-0.4, -0.2) is 11.2 Å². The Labute approximate surface area is 83.2 Å². The van der Waals surface area contributed by atoms with Crippen molar-refractivity contribution >= 4 is 11.0 Å². The lowest BCUT2D eigenvalue weighted by Gasteiger charge is -1.99. The second-order valence-electron chi connectivity index (χ2n) is 3.64. The van der Waals surface area contributed by atoms with Gasteiger partial charge in [0.2, 0.25) is 0 Å². The number of furan rings is 1. The van der Waals surface area contributed by atoms with E-state index >= 15 is 0 Å². The first-order chi connectivity index (χ1) is 6.75. The van der Waals surface area contributed by atoms with Crippen LogP contribution in [0.3, 0.4) is 0 Å². The van der Waals surface area contributed by atoms with E-state index in [1.807, 2.05) is 30.3 Å². The van der Waals surface area contributed by atoms with Gasteiger partial charge in [-0.1, -0.05) is 18.2 Å². The van der Waals surface area contributed by atoms with E-state index in [4.69, 9.17) is 9.52 Å². The summed E-state index contributed by atoms with van der Waals surface area (Å²) in [5, 5.41) is 10.3. The van der Waals surface area contributed by atoms with Crippen LogP contribution in [0.25, 0.3) is 11.0 Å². The van der Waals surface area contributed by atoms with Crippen molar-refractivity contribution in [3.05, 3.63) is 36.1 Å². The van der Waals surface area contributed by atoms with E-state index in [1.165, 1.54) is 0 Å². The zero-order valence-electron chi connectivity index (χ0n) is 8.23. The number of para-hydroxylation sites is 1. The highest BCUT2D eigenvalue weighted by atomic mass is 16.3. The first-order valence-corrected chi connectivity index (χ1v) is 4.91. The fraction of sp³-hybridized carbons (Fsp3) is 0.333. The van der Waals surface area contributed by atoms with Crippen LogP contribution in [0, 0.1) is 0 Å². The first kappa shape index (κ1) is 9.28. The average molecular weight is 190 g/mol. The molecule has 0 saturated carbocycles. The van der Waals surface area contributed by atoms with Crippen LogP contribution in [-0.2, 0) is 6.42 Å². The molecule has 1 heterocycles. The molecule has 0 saturated heterocycles. The highest BCUT2D eigenvalue weighted by molar-refractivity contribution is 5.77. The summed E-state index contributed by atoms with van der Waals surface area (Å²) in [6.45, 7) is 1.79. The Balaban J connectivity index is 2.19. The largest absolute Gasteiger partial charge is 0.461 e. The second kappa shape index (κ2) is 3.84. The van der Waals surface area contributed by atoms with Crippen molar-refractivity contribution < 1.29 is 9.52 Å². The topological polar surface area (TPSA) is 33.4 Å². The van der Waals surface area contributed by atoms with Gasteiger partial charge in [0, 0.05) is 11.8 Å². The quantitative estimate of drug-likeness (QED) is 0.807. The molecule has 2 heteroatoms. The molecule has 0 bridgehead atoms. The molecule has 14 heavy (non-hydrogen) atoms. The van der Waals surface area contributed by atoms with Gasteiger partial charge in [-0.3, -0.25) is 0 Å².